The van der Waals surface area contributed by atoms with E-state index in [1.807, 2.05) is 63.4 Å². The maximum absolute atomic E-state index is 15.5. The Morgan fingerprint density at radius 3 is 2.02 bits per heavy atom. The van der Waals surface area contributed by atoms with Crippen LogP contribution in [-0.4, -0.2) is 162 Å². The number of carboxylic acid groups (broad SMARTS) is 1. The number of fused-ring (bicyclic) bond motifs is 1. The maximum Gasteiger partial charge on any atom is 0.326 e. The number of amides is 2. The molecule has 87 heavy (non-hydrogen) atoms. The van der Waals surface area contributed by atoms with Gasteiger partial charge in [0, 0.05) is 42.6 Å². The number of halogens is 3. The number of nitriles is 1. The topological polar surface area (TPSA) is 287 Å². The highest BCUT2D eigenvalue weighted by Gasteiger charge is 2.28. The Balaban J connectivity index is 0.726. The van der Waals surface area contributed by atoms with Crippen molar-refractivity contribution in [1.82, 2.24) is 45.6 Å². The molecule has 6 rings (SSSR count). The number of nitrogens with zero attached hydrogens (tertiary/aromatic N) is 8. The number of ether oxygens (including phenoxy) is 8. The number of aliphatic carboxylic acids is 1. The van der Waals surface area contributed by atoms with E-state index in [0.717, 1.165) is 24.8 Å². The van der Waals surface area contributed by atoms with Crippen LogP contribution in [0.3, 0.4) is 0 Å². The van der Waals surface area contributed by atoms with Gasteiger partial charge in [0.1, 0.15) is 41.4 Å². The Hall–Kier alpha value is -7.41. The van der Waals surface area contributed by atoms with Gasteiger partial charge in [-0.2, -0.15) is 5.26 Å². The number of benzene rings is 2. The Bertz CT molecular complexity index is 3140. The molecule has 26 heteroatoms. The molecule has 6 aromatic rings. The minimum atomic E-state index is -1.13. The van der Waals surface area contributed by atoms with E-state index < -0.39 is 47.5 Å². The summed E-state index contributed by atoms with van der Waals surface area (Å²) in [5.74, 6) is -3.37. The minimum Gasteiger partial charge on any atom is -0.480 e. The molecule has 0 saturated carbocycles. The van der Waals surface area contributed by atoms with Crippen LogP contribution >= 0.6 is 11.6 Å². The van der Waals surface area contributed by atoms with Gasteiger partial charge in [-0.1, -0.05) is 67.9 Å². The summed E-state index contributed by atoms with van der Waals surface area (Å²) in [6.07, 6.45) is 8.12. The number of pyridine rings is 2. The molecule has 0 unspecified atom stereocenters. The molecule has 0 aliphatic carbocycles. The van der Waals surface area contributed by atoms with Crippen molar-refractivity contribution in [2.45, 2.75) is 104 Å². The first-order valence-electron chi connectivity index (χ1n) is 28.8. The van der Waals surface area contributed by atoms with E-state index >= 15 is 4.39 Å². The Labute approximate surface area is 510 Å². The van der Waals surface area contributed by atoms with Gasteiger partial charge in [0.2, 0.25) is 11.8 Å². The highest BCUT2D eigenvalue weighted by Crippen LogP contribution is 2.37. The zero-order chi connectivity index (χ0) is 62.4. The molecule has 0 aliphatic heterocycles. The van der Waals surface area contributed by atoms with E-state index in [2.05, 4.69) is 46.2 Å². The van der Waals surface area contributed by atoms with Crippen molar-refractivity contribution in [2.75, 3.05) is 97.8 Å². The van der Waals surface area contributed by atoms with Gasteiger partial charge in [0.15, 0.2) is 5.82 Å². The zero-order valence-corrected chi connectivity index (χ0v) is 50.6. The number of unbranched alkanes of at least 4 members (excludes halogenated alkanes) is 2. The van der Waals surface area contributed by atoms with Gasteiger partial charge < -0.3 is 59.0 Å². The van der Waals surface area contributed by atoms with Crippen molar-refractivity contribution < 1.29 is 66.2 Å². The first-order valence-corrected chi connectivity index (χ1v) is 29.2. The average molecular weight is 1230 g/mol. The average Bonchev–Trinajstić information content (AvgIpc) is 1.51. The largest absolute Gasteiger partial charge is 0.480 e. The first kappa shape index (κ1) is 68.7. The molecule has 470 valence electrons. The third kappa shape index (κ3) is 24.4. The maximum atomic E-state index is 15.5. The summed E-state index contributed by atoms with van der Waals surface area (Å²) >= 11 is 6.68. The quantitative estimate of drug-likeness (QED) is 0.0265. The molecule has 4 aromatic heterocycles. The van der Waals surface area contributed by atoms with Crippen LogP contribution in [0.5, 0.6) is 6.01 Å². The number of hydrogen-bond acceptors (Lipinski definition) is 19. The number of hydrogen-bond donors (Lipinski definition) is 4. The fraction of sp³-hybridized carbons (Fsp3) is 0.508. The lowest BCUT2D eigenvalue weighted by molar-refractivity contribution is -0.142. The van der Waals surface area contributed by atoms with Crippen LogP contribution in [-0.2, 0) is 67.1 Å². The fourth-order valence-corrected chi connectivity index (χ4v) is 8.73. The molecule has 0 spiro atoms. The summed E-state index contributed by atoms with van der Waals surface area (Å²) in [7, 11) is 0. The predicted molar refractivity (Wildman–Crippen MR) is 318 cm³/mol. The molecule has 0 saturated heterocycles. The standard InChI is InChI=1S/C61H78ClF2N11O12/c1-41(47-32-44(35-65)14-15-48(47)63)69-57-54(62)42(2)68-51-34-49(64)55(72-56(51)57)45-36-66-60(67-37-45)87-19-11-7-10-18-75-38-46(73-74-75)39-85-30-28-83-26-24-81-22-20-80-21-23-82-25-27-84-29-31-86-40-53(76)70-52(33-43-12-8-6-9-13-43)58(77)71-50(59(78)79)16-17-61(3,4)5/h6,8-9,12-15,32,34,36-38,41,50,52H,7,10-11,16-31,33,39-40H2,1-5H3,(H,68,69)(H,70,76)(H,71,77)(H,78,79)/t41-,50+,52+/m1/s1. The predicted octanol–water partition coefficient (Wildman–Crippen LogP) is 7.95. The molecule has 2 aromatic carbocycles. The lowest BCUT2D eigenvalue weighted by Gasteiger charge is -2.24. The van der Waals surface area contributed by atoms with Crippen molar-refractivity contribution in [2.24, 2.45) is 5.41 Å². The number of aromatic nitrogens is 7. The summed E-state index contributed by atoms with van der Waals surface area (Å²) in [5, 5.41) is 36.2. The summed E-state index contributed by atoms with van der Waals surface area (Å²) in [5.41, 5.74) is 3.47. The van der Waals surface area contributed by atoms with Crippen molar-refractivity contribution in [1.29, 1.82) is 5.26 Å². The third-order valence-corrected chi connectivity index (χ3v) is 13.6. The van der Waals surface area contributed by atoms with Crippen LogP contribution in [0.25, 0.3) is 22.3 Å². The van der Waals surface area contributed by atoms with Crippen LogP contribution in [0.4, 0.5) is 14.5 Å². The molecule has 0 aliphatic rings. The Kier molecular flexibility index (Phi) is 29.0. The van der Waals surface area contributed by atoms with Crippen molar-refractivity contribution >= 4 is 46.1 Å². The molecule has 23 nitrogen and oxygen atoms in total. The highest BCUT2D eigenvalue weighted by atomic mass is 35.5. The summed E-state index contributed by atoms with van der Waals surface area (Å²) in [6.45, 7) is 14.6. The van der Waals surface area contributed by atoms with E-state index in [0.29, 0.717) is 120 Å². The molecular formula is C61H78ClF2N11O12. The fourth-order valence-electron chi connectivity index (χ4n) is 8.54. The molecular weight excluding hydrogens is 1150 g/mol. The molecule has 0 fully saturated rings. The van der Waals surface area contributed by atoms with Crippen molar-refractivity contribution in [3.05, 3.63) is 118 Å². The zero-order valence-electron chi connectivity index (χ0n) is 49.9. The number of aryl methyl sites for hydroxylation is 2. The number of carbonyl (C=O) groups excluding carboxylic acids is 2. The second-order valence-electron chi connectivity index (χ2n) is 21.4. The van der Waals surface area contributed by atoms with Crippen molar-refractivity contribution in [3.63, 3.8) is 0 Å². The normalized spacial score (nSPS) is 12.6. The highest BCUT2D eigenvalue weighted by molar-refractivity contribution is 6.35. The van der Waals surface area contributed by atoms with E-state index in [9.17, 15) is 29.1 Å². The number of rotatable bonds is 41. The molecule has 4 N–H and O–H groups in total. The number of carbonyl (C=O) groups is 3. The van der Waals surface area contributed by atoms with Crippen LogP contribution in [0.1, 0.15) is 93.9 Å². The second kappa shape index (κ2) is 36.7. The van der Waals surface area contributed by atoms with E-state index in [1.54, 1.807) is 18.5 Å². The first-order chi connectivity index (χ1) is 42.0. The van der Waals surface area contributed by atoms with Crippen LogP contribution in [0, 0.1) is 35.3 Å². The van der Waals surface area contributed by atoms with E-state index in [1.165, 1.54) is 36.7 Å². The van der Waals surface area contributed by atoms with Gasteiger partial charge in [-0.25, -0.2) is 33.5 Å². The van der Waals surface area contributed by atoms with Gasteiger partial charge in [-0.15, -0.1) is 5.10 Å². The van der Waals surface area contributed by atoms with E-state index in [-0.39, 0.29) is 71.4 Å². The molecule has 0 radical (unpaired) electrons. The molecule has 2 amide bonds. The number of nitrogens with one attached hydrogen (secondary N) is 3. The summed E-state index contributed by atoms with van der Waals surface area (Å²) in [4.78, 5) is 55.4. The van der Waals surface area contributed by atoms with Crippen LogP contribution < -0.4 is 20.7 Å². The third-order valence-electron chi connectivity index (χ3n) is 13.2. The lowest BCUT2D eigenvalue weighted by atomic mass is 9.88. The summed E-state index contributed by atoms with van der Waals surface area (Å²) < 4.78 is 76.7. The minimum absolute atomic E-state index is 0.0352. The van der Waals surface area contributed by atoms with Crippen molar-refractivity contribution in [3.8, 4) is 23.3 Å². The Morgan fingerprint density at radius 1 is 0.770 bits per heavy atom. The SMILES string of the molecule is Cc1nc2cc(F)c(-c3cnc(OCCCCCn4cc(COCCOCCOCCOCCOCCOCCOCC(=O)N[C@@H](Cc5ccccc5)C(=O)N[C@@H](CCC(C)(C)C)C(=O)O)nn4)nc3)nc2c(N[C@H](C)c2cc(C#N)ccc2F)c1Cl. The molecule has 3 atom stereocenters. The lowest BCUT2D eigenvalue weighted by Crippen LogP contribution is -2.53. The molecule has 4 heterocycles. The number of anilines is 1. The molecule has 0 bridgehead atoms. The number of carboxylic acids is 1. The van der Waals surface area contributed by atoms with Crippen LogP contribution in [0.2, 0.25) is 5.02 Å². The second-order valence-corrected chi connectivity index (χ2v) is 21.8. The van der Waals surface area contributed by atoms with E-state index in [4.69, 9.17) is 49.5 Å². The van der Waals surface area contributed by atoms with Gasteiger partial charge in [-0.3, -0.25) is 14.3 Å². The van der Waals surface area contributed by atoms with Gasteiger partial charge >= 0.3 is 12.0 Å². The van der Waals surface area contributed by atoms with Gasteiger partial charge in [0.05, 0.1) is 138 Å². The smallest absolute Gasteiger partial charge is 0.326 e. The van der Waals surface area contributed by atoms with Gasteiger partial charge in [0.25, 0.3) is 0 Å². The summed E-state index contributed by atoms with van der Waals surface area (Å²) in [6, 6.07) is 13.9. The Morgan fingerprint density at radius 2 is 1.40 bits per heavy atom. The van der Waals surface area contributed by atoms with Crippen LogP contribution in [0.15, 0.2) is 73.2 Å². The monoisotopic (exact) mass is 1230 g/mol. The van der Waals surface area contributed by atoms with Gasteiger partial charge in [-0.05, 0) is 75.1 Å².